The Labute approximate surface area is 141 Å². The van der Waals surface area contributed by atoms with Crippen LogP contribution < -0.4 is 10.2 Å². The molecule has 0 spiro atoms. The first-order valence-corrected chi connectivity index (χ1v) is 7.90. The van der Waals surface area contributed by atoms with Crippen LogP contribution in [-0.2, 0) is 4.74 Å². The Morgan fingerprint density at radius 1 is 1.12 bits per heavy atom. The van der Waals surface area contributed by atoms with Crippen molar-refractivity contribution in [3.05, 3.63) is 58.3 Å². The number of carbonyl (C=O) groups is 1. The Hall–Kier alpha value is -2.86. The maximum absolute atomic E-state index is 12.6. The van der Waals surface area contributed by atoms with Crippen LogP contribution in [0.25, 0.3) is 21.2 Å². The number of benzene rings is 2. The monoisotopic (exact) mass is 342 g/mol. The normalized spacial score (nSPS) is 10.6. The highest BCUT2D eigenvalue weighted by molar-refractivity contribution is 7.20. The van der Waals surface area contributed by atoms with E-state index < -0.39 is 11.4 Å². The van der Waals surface area contributed by atoms with Gasteiger partial charge in [-0.3, -0.25) is 4.79 Å². The molecule has 0 saturated carbocycles. The van der Waals surface area contributed by atoms with E-state index in [9.17, 15) is 14.7 Å². The van der Waals surface area contributed by atoms with Crippen LogP contribution in [-0.4, -0.2) is 25.3 Å². The van der Waals surface area contributed by atoms with E-state index in [0.717, 1.165) is 22.5 Å². The minimum atomic E-state index is -0.849. The summed E-state index contributed by atoms with van der Waals surface area (Å²) in [6.45, 7) is 0. The predicted molar refractivity (Wildman–Crippen MR) is 93.1 cm³/mol. The van der Waals surface area contributed by atoms with E-state index in [1.54, 1.807) is 19.2 Å². The quantitative estimate of drug-likeness (QED) is 0.738. The van der Waals surface area contributed by atoms with E-state index in [4.69, 9.17) is 4.74 Å². The molecule has 0 amide bonds. The maximum Gasteiger partial charge on any atom is 0.346 e. The van der Waals surface area contributed by atoms with E-state index in [1.807, 2.05) is 30.3 Å². The van der Waals surface area contributed by atoms with Crippen molar-refractivity contribution in [2.75, 3.05) is 14.2 Å². The van der Waals surface area contributed by atoms with Gasteiger partial charge in [-0.25, -0.2) is 4.79 Å². The third kappa shape index (κ3) is 2.61. The zero-order valence-electron chi connectivity index (χ0n) is 13.0. The van der Waals surface area contributed by atoms with Crippen molar-refractivity contribution in [3.63, 3.8) is 0 Å². The predicted octanol–water partition coefficient (Wildman–Crippen LogP) is 3.43. The highest BCUT2D eigenvalue weighted by atomic mass is 32.1. The summed E-state index contributed by atoms with van der Waals surface area (Å²) < 4.78 is 10.5. The van der Waals surface area contributed by atoms with E-state index in [1.165, 1.54) is 7.11 Å². The van der Waals surface area contributed by atoms with Crippen molar-refractivity contribution < 1.29 is 19.4 Å². The molecule has 1 heterocycles. The molecule has 6 heteroatoms. The summed E-state index contributed by atoms with van der Waals surface area (Å²) in [5.74, 6) is -0.168. The number of esters is 1. The third-order valence-electron chi connectivity index (χ3n) is 3.68. The molecule has 1 N–H and O–H groups in total. The SMILES string of the molecule is COC(=O)c1c(O)sc2ccc(-c3ccccc3OC)cc2c1=O. The number of carbonyl (C=O) groups excluding carboxylic acids is 1. The Morgan fingerprint density at radius 2 is 1.88 bits per heavy atom. The van der Waals surface area contributed by atoms with Gasteiger partial charge < -0.3 is 14.6 Å². The molecule has 0 aliphatic carbocycles. The van der Waals surface area contributed by atoms with E-state index >= 15 is 0 Å². The lowest BCUT2D eigenvalue weighted by Gasteiger charge is -2.09. The largest absolute Gasteiger partial charge is 0.499 e. The Bertz CT molecular complexity index is 990. The average Bonchev–Trinajstić information content (AvgIpc) is 2.61. The summed E-state index contributed by atoms with van der Waals surface area (Å²) in [6, 6.07) is 12.7. The lowest BCUT2D eigenvalue weighted by atomic mass is 10.0. The molecular formula is C18H14O5S. The molecule has 1 aromatic heterocycles. The number of ether oxygens (including phenoxy) is 2. The van der Waals surface area contributed by atoms with Crippen LogP contribution in [0.1, 0.15) is 10.4 Å². The number of aromatic hydroxyl groups is 1. The molecule has 0 radical (unpaired) electrons. The van der Waals surface area contributed by atoms with Crippen molar-refractivity contribution in [1.29, 1.82) is 0 Å². The number of rotatable bonds is 3. The van der Waals surface area contributed by atoms with E-state index in [-0.39, 0.29) is 10.6 Å². The first kappa shape index (κ1) is 16.0. The molecule has 0 aliphatic heterocycles. The van der Waals surface area contributed by atoms with Crippen LogP contribution in [0.2, 0.25) is 0 Å². The third-order valence-corrected chi connectivity index (χ3v) is 4.65. The van der Waals surface area contributed by atoms with Crippen molar-refractivity contribution in [3.8, 4) is 21.9 Å². The second kappa shape index (κ2) is 6.33. The first-order chi connectivity index (χ1) is 11.6. The summed E-state index contributed by atoms with van der Waals surface area (Å²) in [5, 5.41) is 9.96. The molecule has 0 aliphatic rings. The molecule has 3 aromatic rings. The zero-order chi connectivity index (χ0) is 17.3. The molecule has 0 fully saturated rings. The lowest BCUT2D eigenvalue weighted by Crippen LogP contribution is -2.15. The van der Waals surface area contributed by atoms with Crippen LogP contribution in [0.15, 0.2) is 47.3 Å². The van der Waals surface area contributed by atoms with E-state index in [0.29, 0.717) is 15.8 Å². The fourth-order valence-electron chi connectivity index (χ4n) is 2.52. The highest BCUT2D eigenvalue weighted by Gasteiger charge is 2.20. The fraction of sp³-hybridized carbons (Fsp3) is 0.111. The van der Waals surface area contributed by atoms with Gasteiger partial charge >= 0.3 is 5.97 Å². The van der Waals surface area contributed by atoms with Gasteiger partial charge in [-0.2, -0.15) is 0 Å². The molecule has 0 saturated heterocycles. The van der Waals surface area contributed by atoms with Gasteiger partial charge in [-0.15, -0.1) is 0 Å². The molecule has 122 valence electrons. The average molecular weight is 342 g/mol. The second-order valence-electron chi connectivity index (χ2n) is 5.01. The summed E-state index contributed by atoms with van der Waals surface area (Å²) in [7, 11) is 2.75. The van der Waals surface area contributed by atoms with Gasteiger partial charge in [0, 0.05) is 15.6 Å². The number of methoxy groups -OCH3 is 2. The van der Waals surface area contributed by atoms with Gasteiger partial charge in [0.15, 0.2) is 10.6 Å². The first-order valence-electron chi connectivity index (χ1n) is 7.08. The lowest BCUT2D eigenvalue weighted by molar-refractivity contribution is 0.0597. The summed E-state index contributed by atoms with van der Waals surface area (Å²) in [4.78, 5) is 24.4. The molecular weight excluding hydrogens is 328 g/mol. The standard InChI is InChI=1S/C18H14O5S/c1-22-13-6-4-3-5-11(13)10-7-8-14-12(9-10)16(19)15(17(20)23-2)18(21)24-14/h3-9,21H,1-2H3. The molecule has 24 heavy (non-hydrogen) atoms. The molecule has 0 atom stereocenters. The second-order valence-corrected chi connectivity index (χ2v) is 6.04. The van der Waals surface area contributed by atoms with Crippen molar-refractivity contribution in [1.82, 2.24) is 0 Å². The highest BCUT2D eigenvalue weighted by Crippen LogP contribution is 2.34. The van der Waals surface area contributed by atoms with Crippen molar-refractivity contribution in [2.24, 2.45) is 0 Å². The molecule has 3 rings (SSSR count). The number of hydrogen-bond donors (Lipinski definition) is 1. The molecule has 5 nitrogen and oxygen atoms in total. The van der Waals surface area contributed by atoms with E-state index in [2.05, 4.69) is 4.74 Å². The van der Waals surface area contributed by atoms with Gasteiger partial charge in [0.2, 0.25) is 5.43 Å². The number of para-hydroxylation sites is 1. The van der Waals surface area contributed by atoms with Gasteiger partial charge in [0.05, 0.1) is 14.2 Å². The number of hydrogen-bond acceptors (Lipinski definition) is 6. The molecule has 0 bridgehead atoms. The number of fused-ring (bicyclic) bond motifs is 1. The minimum Gasteiger partial charge on any atom is -0.499 e. The van der Waals surface area contributed by atoms with Gasteiger partial charge in [-0.05, 0) is 23.8 Å². The van der Waals surface area contributed by atoms with Crippen LogP contribution in [0.5, 0.6) is 10.8 Å². The topological polar surface area (TPSA) is 72.8 Å². The summed E-state index contributed by atoms with van der Waals surface area (Å²) in [5.41, 5.74) is 0.724. The minimum absolute atomic E-state index is 0.341. The van der Waals surface area contributed by atoms with Crippen LogP contribution in [0.3, 0.4) is 0 Å². The van der Waals surface area contributed by atoms with Gasteiger partial charge in [0.25, 0.3) is 0 Å². The van der Waals surface area contributed by atoms with Crippen molar-refractivity contribution in [2.45, 2.75) is 0 Å². The Balaban J connectivity index is 2.28. The van der Waals surface area contributed by atoms with Gasteiger partial charge in [-0.1, -0.05) is 35.6 Å². The van der Waals surface area contributed by atoms with Crippen LogP contribution >= 0.6 is 11.3 Å². The maximum atomic E-state index is 12.6. The van der Waals surface area contributed by atoms with Gasteiger partial charge in [0.1, 0.15) is 5.75 Å². The fourth-order valence-corrected chi connectivity index (χ4v) is 3.40. The Kier molecular flexibility index (Phi) is 4.22. The summed E-state index contributed by atoms with van der Waals surface area (Å²) in [6.07, 6.45) is 0. The van der Waals surface area contributed by atoms with Crippen LogP contribution in [0.4, 0.5) is 0 Å². The summed E-state index contributed by atoms with van der Waals surface area (Å²) >= 11 is 0.964. The Morgan fingerprint density at radius 3 is 2.58 bits per heavy atom. The van der Waals surface area contributed by atoms with Crippen molar-refractivity contribution >= 4 is 27.4 Å². The molecule has 2 aromatic carbocycles. The molecule has 0 unspecified atom stereocenters. The smallest absolute Gasteiger partial charge is 0.346 e. The zero-order valence-corrected chi connectivity index (χ0v) is 13.8. The van der Waals surface area contributed by atoms with Crippen LogP contribution in [0, 0.1) is 0 Å².